The van der Waals surface area contributed by atoms with Crippen LogP contribution < -0.4 is 15.5 Å². The Bertz CT molecular complexity index is 759. The molecule has 1 aromatic carbocycles. The van der Waals surface area contributed by atoms with Crippen molar-refractivity contribution >= 4 is 28.8 Å². The maximum Gasteiger partial charge on any atom is 0.170 e. The molecule has 136 valence electrons. The fraction of sp³-hybridized carbons (Fsp3) is 0.400. The van der Waals surface area contributed by atoms with Crippen LogP contribution in [0.25, 0.3) is 0 Å². The first-order valence-corrected chi connectivity index (χ1v) is 9.63. The molecule has 0 radical (unpaired) electrons. The molecule has 0 bridgehead atoms. The molecule has 2 N–H and O–H groups in total. The van der Waals surface area contributed by atoms with Gasteiger partial charge in [-0.25, -0.2) is 4.98 Å². The van der Waals surface area contributed by atoms with Gasteiger partial charge in [-0.05, 0) is 54.7 Å². The van der Waals surface area contributed by atoms with Crippen molar-refractivity contribution in [3.05, 3.63) is 53.7 Å². The van der Waals surface area contributed by atoms with E-state index in [0.717, 1.165) is 57.0 Å². The first kappa shape index (κ1) is 17.2. The Balaban J connectivity index is 1.31. The zero-order chi connectivity index (χ0) is 17.8. The largest absolute Gasteiger partial charge is 0.376 e. The van der Waals surface area contributed by atoms with Gasteiger partial charge in [0.15, 0.2) is 5.11 Å². The number of hydrogen-bond donors (Lipinski definition) is 2. The Kier molecular flexibility index (Phi) is 5.32. The van der Waals surface area contributed by atoms with Crippen LogP contribution in [-0.4, -0.2) is 35.9 Å². The molecule has 5 nitrogen and oxygen atoms in total. The number of ether oxygens (including phenoxy) is 1. The van der Waals surface area contributed by atoms with Crippen molar-refractivity contribution in [1.29, 1.82) is 0 Å². The van der Waals surface area contributed by atoms with Gasteiger partial charge in [0.25, 0.3) is 0 Å². The average Bonchev–Trinajstić information content (AvgIpc) is 3.20. The van der Waals surface area contributed by atoms with E-state index in [1.54, 1.807) is 0 Å². The van der Waals surface area contributed by atoms with E-state index in [0.29, 0.717) is 5.11 Å². The Labute approximate surface area is 159 Å². The molecule has 1 aromatic heterocycles. The number of fused-ring (bicyclic) bond motifs is 1. The van der Waals surface area contributed by atoms with Crippen molar-refractivity contribution < 1.29 is 4.74 Å². The molecule has 1 atom stereocenters. The molecule has 0 saturated carbocycles. The van der Waals surface area contributed by atoms with Crippen molar-refractivity contribution in [1.82, 2.24) is 10.3 Å². The number of rotatable bonds is 4. The van der Waals surface area contributed by atoms with Gasteiger partial charge in [-0.3, -0.25) is 0 Å². The van der Waals surface area contributed by atoms with Gasteiger partial charge in [0, 0.05) is 26.2 Å². The summed E-state index contributed by atoms with van der Waals surface area (Å²) in [6.07, 6.45) is 5.42. The van der Waals surface area contributed by atoms with Crippen LogP contribution in [-0.2, 0) is 17.7 Å². The molecule has 0 unspecified atom stereocenters. The Hall–Kier alpha value is -2.18. The third-order valence-corrected chi connectivity index (χ3v) is 5.22. The van der Waals surface area contributed by atoms with E-state index in [9.17, 15) is 0 Å². The van der Waals surface area contributed by atoms with Crippen molar-refractivity contribution in [3.8, 4) is 0 Å². The highest BCUT2D eigenvalue weighted by molar-refractivity contribution is 7.80. The summed E-state index contributed by atoms with van der Waals surface area (Å²) < 4.78 is 5.59. The zero-order valence-electron chi connectivity index (χ0n) is 14.8. The summed E-state index contributed by atoms with van der Waals surface area (Å²) in [5.74, 6) is 1.00. The zero-order valence-corrected chi connectivity index (χ0v) is 15.6. The Morgan fingerprint density at radius 1 is 1.23 bits per heavy atom. The topological polar surface area (TPSA) is 49.4 Å². The molecule has 1 saturated heterocycles. The maximum absolute atomic E-state index is 5.59. The van der Waals surface area contributed by atoms with Crippen molar-refractivity contribution in [2.45, 2.75) is 31.9 Å². The van der Waals surface area contributed by atoms with Gasteiger partial charge in [-0.15, -0.1) is 0 Å². The van der Waals surface area contributed by atoms with Crippen LogP contribution in [0.4, 0.5) is 11.5 Å². The fourth-order valence-corrected chi connectivity index (χ4v) is 3.73. The highest BCUT2D eigenvalue weighted by Gasteiger charge is 2.17. The minimum Gasteiger partial charge on any atom is -0.376 e. The van der Waals surface area contributed by atoms with Crippen LogP contribution in [0.2, 0.25) is 0 Å². The van der Waals surface area contributed by atoms with Gasteiger partial charge in [0.2, 0.25) is 0 Å². The molecule has 0 spiro atoms. The highest BCUT2D eigenvalue weighted by Crippen LogP contribution is 2.23. The molecule has 2 aromatic rings. The van der Waals surface area contributed by atoms with E-state index in [1.807, 2.05) is 12.3 Å². The second-order valence-corrected chi connectivity index (χ2v) is 7.22. The van der Waals surface area contributed by atoms with Crippen molar-refractivity contribution in [2.75, 3.05) is 29.9 Å². The average molecular weight is 369 g/mol. The third-order valence-electron chi connectivity index (χ3n) is 4.97. The molecule has 26 heavy (non-hydrogen) atoms. The highest BCUT2D eigenvalue weighted by atomic mass is 32.1. The quantitative estimate of drug-likeness (QED) is 0.809. The van der Waals surface area contributed by atoms with E-state index >= 15 is 0 Å². The van der Waals surface area contributed by atoms with Crippen LogP contribution in [0.15, 0.2) is 42.6 Å². The number of nitrogens with zero attached hydrogens (tertiary/aromatic N) is 2. The third kappa shape index (κ3) is 4.14. The van der Waals surface area contributed by atoms with E-state index in [4.69, 9.17) is 17.0 Å². The number of anilines is 2. The fourth-order valence-electron chi connectivity index (χ4n) is 3.53. The summed E-state index contributed by atoms with van der Waals surface area (Å²) in [7, 11) is 0. The molecule has 0 amide bonds. The van der Waals surface area contributed by atoms with Crippen LogP contribution in [0, 0.1) is 0 Å². The number of hydrogen-bond acceptors (Lipinski definition) is 4. The van der Waals surface area contributed by atoms with Crippen LogP contribution in [0.5, 0.6) is 0 Å². The van der Waals surface area contributed by atoms with Crippen LogP contribution in [0.3, 0.4) is 0 Å². The lowest BCUT2D eigenvalue weighted by molar-refractivity contribution is 0.114. The van der Waals surface area contributed by atoms with E-state index in [-0.39, 0.29) is 6.10 Å². The number of benzene rings is 1. The van der Waals surface area contributed by atoms with Crippen molar-refractivity contribution in [2.24, 2.45) is 0 Å². The monoisotopic (exact) mass is 368 g/mol. The summed E-state index contributed by atoms with van der Waals surface area (Å²) >= 11 is 5.36. The molecular formula is C20H24N4OS. The van der Waals surface area contributed by atoms with Gasteiger partial charge in [-0.1, -0.05) is 24.3 Å². The van der Waals surface area contributed by atoms with Gasteiger partial charge in [0.05, 0.1) is 18.0 Å². The number of pyridine rings is 1. The smallest absolute Gasteiger partial charge is 0.170 e. The minimum absolute atomic E-state index is 0.275. The molecule has 3 heterocycles. The first-order chi connectivity index (χ1) is 12.8. The number of thiocarbonyl (C=S) groups is 1. The summed E-state index contributed by atoms with van der Waals surface area (Å²) in [6.45, 7) is 3.53. The van der Waals surface area contributed by atoms with Gasteiger partial charge < -0.3 is 20.3 Å². The standard InChI is InChI=1S/C20H24N4OS/c26-20(22-13-18-6-3-11-25-18)23-17-7-8-19(21-12-17)24-10-9-15-4-1-2-5-16(15)14-24/h1-2,4-5,7-8,12,18H,3,6,9-11,13-14H2,(H2,22,23,26)/t18-/m1/s1. The molecule has 6 heteroatoms. The molecular weight excluding hydrogens is 344 g/mol. The lowest BCUT2D eigenvalue weighted by atomic mass is 10.00. The maximum atomic E-state index is 5.59. The summed E-state index contributed by atoms with van der Waals surface area (Å²) in [5, 5.41) is 7.03. The summed E-state index contributed by atoms with van der Waals surface area (Å²) in [6, 6.07) is 12.7. The molecule has 2 aliphatic rings. The Morgan fingerprint density at radius 3 is 2.88 bits per heavy atom. The second-order valence-electron chi connectivity index (χ2n) is 6.82. The number of aromatic nitrogens is 1. The summed E-state index contributed by atoms with van der Waals surface area (Å²) in [5.41, 5.74) is 3.74. The first-order valence-electron chi connectivity index (χ1n) is 9.22. The molecule has 2 aliphatic heterocycles. The van der Waals surface area contributed by atoms with E-state index in [1.165, 1.54) is 11.1 Å². The predicted molar refractivity (Wildman–Crippen MR) is 109 cm³/mol. The minimum atomic E-state index is 0.275. The number of nitrogens with one attached hydrogen (secondary N) is 2. The second kappa shape index (κ2) is 8.01. The van der Waals surface area contributed by atoms with Crippen LogP contribution in [0.1, 0.15) is 24.0 Å². The Morgan fingerprint density at radius 2 is 2.12 bits per heavy atom. The van der Waals surface area contributed by atoms with E-state index < -0.39 is 0 Å². The lowest BCUT2D eigenvalue weighted by Crippen LogP contribution is -2.35. The predicted octanol–water partition coefficient (Wildman–Crippen LogP) is 3.11. The summed E-state index contributed by atoms with van der Waals surface area (Å²) in [4.78, 5) is 6.94. The molecule has 1 fully saturated rings. The lowest BCUT2D eigenvalue weighted by Gasteiger charge is -2.29. The molecule has 0 aliphatic carbocycles. The SMILES string of the molecule is S=C(NC[C@H]1CCCO1)Nc1ccc(N2CCc3ccccc3C2)nc1. The van der Waals surface area contributed by atoms with Gasteiger partial charge >= 0.3 is 0 Å². The van der Waals surface area contributed by atoms with Crippen molar-refractivity contribution in [3.63, 3.8) is 0 Å². The van der Waals surface area contributed by atoms with Gasteiger partial charge in [0.1, 0.15) is 5.82 Å². The van der Waals surface area contributed by atoms with Gasteiger partial charge in [-0.2, -0.15) is 0 Å². The molecule has 4 rings (SSSR count). The normalized spacial score (nSPS) is 19.1. The van der Waals surface area contributed by atoms with E-state index in [2.05, 4.69) is 50.8 Å². The van der Waals surface area contributed by atoms with Crippen LogP contribution >= 0.6 is 12.2 Å².